The first-order valence-corrected chi connectivity index (χ1v) is 10.2. The molecule has 7 heteroatoms. The molecule has 0 aliphatic heterocycles. The fraction of sp³-hybridized carbons (Fsp3) is 0.143. The number of rotatable bonds is 6. The summed E-state index contributed by atoms with van der Waals surface area (Å²) in [4.78, 5) is 25.6. The van der Waals surface area contributed by atoms with Crippen LogP contribution >= 0.6 is 27.3 Å². The lowest BCUT2D eigenvalue weighted by Crippen LogP contribution is -2.16. The number of carbonyl (C=O) groups excluding carboxylic acids is 2. The highest BCUT2D eigenvalue weighted by molar-refractivity contribution is 9.10. The van der Waals surface area contributed by atoms with Crippen LogP contribution in [0, 0.1) is 5.82 Å². The summed E-state index contributed by atoms with van der Waals surface area (Å²) in [6.07, 6.45) is -0.147. The number of halogens is 2. The first-order chi connectivity index (χ1) is 13.5. The SMILES string of the molecule is CCOC(=O)c1cc(-c2ccccc2)sc1NC(=O)Cc1cc(Br)ccc1F. The standard InChI is InChI=1S/C21H17BrFNO3S/c1-2-27-21(26)16-12-18(13-6-4-3-5-7-13)28-20(16)24-19(25)11-14-10-15(22)8-9-17(14)23/h3-10,12H,2,11H2,1H3,(H,24,25). The van der Waals surface area contributed by atoms with E-state index in [1.165, 1.54) is 17.4 Å². The molecule has 0 radical (unpaired) electrons. The van der Waals surface area contributed by atoms with Gasteiger partial charge in [0.2, 0.25) is 5.91 Å². The summed E-state index contributed by atoms with van der Waals surface area (Å²) in [6, 6.07) is 15.7. The molecular formula is C21H17BrFNO3S. The zero-order valence-corrected chi connectivity index (χ0v) is 17.4. The number of anilines is 1. The fourth-order valence-corrected chi connectivity index (χ4v) is 4.09. The number of benzene rings is 2. The van der Waals surface area contributed by atoms with Crippen molar-refractivity contribution in [2.24, 2.45) is 0 Å². The van der Waals surface area contributed by atoms with E-state index in [0.29, 0.717) is 9.47 Å². The number of thiophene rings is 1. The number of hydrogen-bond donors (Lipinski definition) is 1. The molecule has 4 nitrogen and oxygen atoms in total. The zero-order chi connectivity index (χ0) is 20.1. The Morgan fingerprint density at radius 1 is 1.14 bits per heavy atom. The topological polar surface area (TPSA) is 55.4 Å². The summed E-state index contributed by atoms with van der Waals surface area (Å²) in [6.45, 7) is 1.95. The lowest BCUT2D eigenvalue weighted by atomic mass is 10.1. The number of nitrogens with one attached hydrogen (secondary N) is 1. The van der Waals surface area contributed by atoms with Gasteiger partial charge in [-0.15, -0.1) is 11.3 Å². The van der Waals surface area contributed by atoms with Gasteiger partial charge in [0.05, 0.1) is 18.6 Å². The maximum absolute atomic E-state index is 13.9. The van der Waals surface area contributed by atoms with Crippen LogP contribution in [0.2, 0.25) is 0 Å². The molecule has 0 spiro atoms. The van der Waals surface area contributed by atoms with E-state index in [9.17, 15) is 14.0 Å². The van der Waals surface area contributed by atoms with E-state index in [4.69, 9.17) is 4.74 Å². The van der Waals surface area contributed by atoms with Crippen LogP contribution in [0.4, 0.5) is 9.39 Å². The molecule has 1 N–H and O–H groups in total. The average Bonchev–Trinajstić information content (AvgIpc) is 3.09. The van der Waals surface area contributed by atoms with Crippen molar-refractivity contribution in [2.75, 3.05) is 11.9 Å². The molecule has 3 rings (SSSR count). The Kier molecular flexibility index (Phi) is 6.59. The van der Waals surface area contributed by atoms with Crippen LogP contribution in [0.25, 0.3) is 10.4 Å². The molecule has 0 bridgehead atoms. The molecule has 0 saturated carbocycles. The van der Waals surface area contributed by atoms with Crippen molar-refractivity contribution in [1.82, 2.24) is 0 Å². The Morgan fingerprint density at radius 3 is 2.61 bits per heavy atom. The lowest BCUT2D eigenvalue weighted by Gasteiger charge is -2.07. The summed E-state index contributed by atoms with van der Waals surface area (Å²) in [5.74, 6) is -1.38. The van der Waals surface area contributed by atoms with Crippen LogP contribution in [0.15, 0.2) is 59.1 Å². The smallest absolute Gasteiger partial charge is 0.341 e. The predicted molar refractivity (Wildman–Crippen MR) is 112 cm³/mol. The van der Waals surface area contributed by atoms with Gasteiger partial charge in [-0.05, 0) is 42.3 Å². The van der Waals surface area contributed by atoms with E-state index in [1.54, 1.807) is 25.1 Å². The highest BCUT2D eigenvalue weighted by Gasteiger charge is 2.20. The van der Waals surface area contributed by atoms with Crippen molar-refractivity contribution < 1.29 is 18.7 Å². The zero-order valence-electron chi connectivity index (χ0n) is 15.0. The van der Waals surface area contributed by atoms with Crippen molar-refractivity contribution in [1.29, 1.82) is 0 Å². The largest absolute Gasteiger partial charge is 0.462 e. The van der Waals surface area contributed by atoms with Gasteiger partial charge in [-0.3, -0.25) is 4.79 Å². The summed E-state index contributed by atoms with van der Waals surface area (Å²) in [7, 11) is 0. The Labute approximate surface area is 174 Å². The fourth-order valence-electron chi connectivity index (χ4n) is 2.61. The second kappa shape index (κ2) is 9.12. The first-order valence-electron chi connectivity index (χ1n) is 8.58. The summed E-state index contributed by atoms with van der Waals surface area (Å²) in [5.41, 5.74) is 1.48. The Bertz CT molecular complexity index is 1000. The van der Waals surface area contributed by atoms with E-state index >= 15 is 0 Å². The number of hydrogen-bond acceptors (Lipinski definition) is 4. The minimum absolute atomic E-state index is 0.147. The van der Waals surface area contributed by atoms with Gasteiger partial charge in [-0.1, -0.05) is 46.3 Å². The molecule has 144 valence electrons. The summed E-state index contributed by atoms with van der Waals surface area (Å²) >= 11 is 4.55. The molecule has 0 atom stereocenters. The molecule has 2 aromatic carbocycles. The van der Waals surface area contributed by atoms with E-state index < -0.39 is 17.7 Å². The van der Waals surface area contributed by atoms with E-state index in [2.05, 4.69) is 21.2 Å². The Morgan fingerprint density at radius 2 is 1.89 bits per heavy atom. The second-order valence-electron chi connectivity index (χ2n) is 5.90. The van der Waals surface area contributed by atoms with E-state index in [-0.39, 0.29) is 24.2 Å². The Balaban J connectivity index is 1.87. The van der Waals surface area contributed by atoms with Crippen molar-refractivity contribution in [3.63, 3.8) is 0 Å². The number of esters is 1. The minimum Gasteiger partial charge on any atom is -0.462 e. The third-order valence-corrected chi connectivity index (χ3v) is 5.49. The molecule has 0 aliphatic carbocycles. The summed E-state index contributed by atoms with van der Waals surface area (Å²) in [5, 5.41) is 3.12. The lowest BCUT2D eigenvalue weighted by molar-refractivity contribution is -0.115. The molecule has 0 fully saturated rings. The maximum atomic E-state index is 13.9. The first kappa shape index (κ1) is 20.2. The summed E-state index contributed by atoms with van der Waals surface area (Å²) < 4.78 is 19.7. The third kappa shape index (κ3) is 4.85. The average molecular weight is 462 g/mol. The molecule has 1 amide bonds. The number of carbonyl (C=O) groups is 2. The Hall–Kier alpha value is -2.51. The van der Waals surface area contributed by atoms with Gasteiger partial charge in [0, 0.05) is 9.35 Å². The predicted octanol–water partition coefficient (Wildman–Crippen LogP) is 5.67. The third-order valence-electron chi connectivity index (χ3n) is 3.90. The second-order valence-corrected chi connectivity index (χ2v) is 7.87. The van der Waals surface area contributed by atoms with E-state index in [1.807, 2.05) is 30.3 Å². The van der Waals surface area contributed by atoms with Crippen LogP contribution in [0.3, 0.4) is 0 Å². The van der Waals surface area contributed by atoms with Gasteiger partial charge < -0.3 is 10.1 Å². The van der Waals surface area contributed by atoms with Crippen molar-refractivity contribution in [2.45, 2.75) is 13.3 Å². The van der Waals surface area contributed by atoms with Crippen LogP contribution in [0.5, 0.6) is 0 Å². The molecule has 3 aromatic rings. The highest BCUT2D eigenvalue weighted by Crippen LogP contribution is 2.36. The molecule has 0 unspecified atom stereocenters. The number of ether oxygens (including phenoxy) is 1. The minimum atomic E-state index is -0.509. The maximum Gasteiger partial charge on any atom is 0.341 e. The quantitative estimate of drug-likeness (QED) is 0.480. The normalized spacial score (nSPS) is 10.5. The van der Waals surface area contributed by atoms with Gasteiger partial charge in [0.1, 0.15) is 10.8 Å². The van der Waals surface area contributed by atoms with Crippen LogP contribution in [-0.2, 0) is 16.0 Å². The van der Waals surface area contributed by atoms with Crippen molar-refractivity contribution in [3.8, 4) is 10.4 Å². The molecular weight excluding hydrogens is 445 g/mol. The molecule has 1 heterocycles. The van der Waals surface area contributed by atoms with E-state index in [0.717, 1.165) is 10.4 Å². The van der Waals surface area contributed by atoms with Gasteiger partial charge in [0.15, 0.2) is 0 Å². The molecule has 0 saturated heterocycles. The van der Waals surface area contributed by atoms with Gasteiger partial charge >= 0.3 is 5.97 Å². The monoisotopic (exact) mass is 461 g/mol. The highest BCUT2D eigenvalue weighted by atomic mass is 79.9. The van der Waals surface area contributed by atoms with Crippen molar-refractivity contribution in [3.05, 3.63) is 76.0 Å². The van der Waals surface area contributed by atoms with Gasteiger partial charge in [-0.25, -0.2) is 9.18 Å². The number of amides is 1. The molecule has 28 heavy (non-hydrogen) atoms. The molecule has 1 aromatic heterocycles. The van der Waals surface area contributed by atoms with Crippen LogP contribution in [-0.4, -0.2) is 18.5 Å². The van der Waals surface area contributed by atoms with Crippen LogP contribution < -0.4 is 5.32 Å². The molecule has 0 aliphatic rings. The van der Waals surface area contributed by atoms with Crippen molar-refractivity contribution >= 4 is 44.1 Å². The van der Waals surface area contributed by atoms with Gasteiger partial charge in [0.25, 0.3) is 0 Å². The van der Waals surface area contributed by atoms with Crippen LogP contribution in [0.1, 0.15) is 22.8 Å². The van der Waals surface area contributed by atoms with Gasteiger partial charge in [-0.2, -0.15) is 0 Å².